The highest BCUT2D eigenvalue weighted by atomic mass is 16.3. The average molecular weight is 310 g/mol. The Morgan fingerprint density at radius 3 is 2.83 bits per heavy atom. The molecule has 1 saturated carbocycles. The first-order valence-corrected chi connectivity index (χ1v) is 8.58. The normalized spacial score (nSPS) is 27.5. The van der Waals surface area contributed by atoms with Gasteiger partial charge in [0.25, 0.3) is 0 Å². The van der Waals surface area contributed by atoms with Crippen molar-refractivity contribution in [3.63, 3.8) is 0 Å². The van der Waals surface area contributed by atoms with E-state index < -0.39 is 0 Å². The molecule has 0 bridgehead atoms. The highest BCUT2D eigenvalue weighted by molar-refractivity contribution is 5.83. The fraction of sp³-hybridized carbons (Fsp3) is 0.474. The van der Waals surface area contributed by atoms with Crippen molar-refractivity contribution >= 4 is 5.91 Å². The molecule has 2 fully saturated rings. The van der Waals surface area contributed by atoms with Crippen LogP contribution in [-0.2, 0) is 4.79 Å². The van der Waals surface area contributed by atoms with Gasteiger partial charge in [0.2, 0.25) is 5.91 Å². The highest BCUT2D eigenvalue weighted by Gasteiger charge is 2.48. The summed E-state index contributed by atoms with van der Waals surface area (Å²) in [5.41, 5.74) is 1.21. The summed E-state index contributed by atoms with van der Waals surface area (Å²) in [7, 11) is 0. The number of carbonyl (C=O) groups is 1. The van der Waals surface area contributed by atoms with Gasteiger partial charge in [0.15, 0.2) is 0 Å². The van der Waals surface area contributed by atoms with E-state index in [2.05, 4.69) is 9.88 Å². The van der Waals surface area contributed by atoms with Gasteiger partial charge in [0, 0.05) is 30.8 Å². The van der Waals surface area contributed by atoms with Gasteiger partial charge >= 0.3 is 0 Å². The molecule has 0 unspecified atom stereocenters. The number of hydrogen-bond donors (Lipinski definition) is 0. The van der Waals surface area contributed by atoms with Gasteiger partial charge in [-0.25, -0.2) is 0 Å². The Hall–Kier alpha value is -2.10. The van der Waals surface area contributed by atoms with E-state index in [1.807, 2.05) is 36.7 Å². The van der Waals surface area contributed by atoms with Crippen LogP contribution < -0.4 is 0 Å². The number of hydrogen-bond acceptors (Lipinski definition) is 3. The molecule has 4 nitrogen and oxygen atoms in total. The third-order valence-electron chi connectivity index (χ3n) is 5.14. The Morgan fingerprint density at radius 1 is 1.17 bits per heavy atom. The molecule has 1 amide bonds. The van der Waals surface area contributed by atoms with Gasteiger partial charge in [0.1, 0.15) is 5.76 Å². The molecule has 0 radical (unpaired) electrons. The minimum Gasteiger partial charge on any atom is -0.469 e. The van der Waals surface area contributed by atoms with E-state index >= 15 is 0 Å². The van der Waals surface area contributed by atoms with Gasteiger partial charge < -0.3 is 9.32 Å². The van der Waals surface area contributed by atoms with E-state index in [9.17, 15) is 4.79 Å². The van der Waals surface area contributed by atoms with Crippen molar-refractivity contribution in [2.75, 3.05) is 6.54 Å². The molecule has 3 atom stereocenters. The van der Waals surface area contributed by atoms with Crippen molar-refractivity contribution in [2.24, 2.45) is 5.92 Å². The zero-order chi connectivity index (χ0) is 15.6. The standard InChI is InChI=1S/C19H22N2O2/c22-19(16-13-15(16)18-6-4-12-23-18)21-11-3-1-2-5-17(21)14-7-9-20-10-8-14/h4,6-10,12,15-17H,1-3,5,11,13H2/t15-,16+,17+/m0/s1. The van der Waals surface area contributed by atoms with Gasteiger partial charge in [-0.15, -0.1) is 0 Å². The molecule has 0 spiro atoms. The van der Waals surface area contributed by atoms with Crippen LogP contribution in [0.25, 0.3) is 0 Å². The van der Waals surface area contributed by atoms with E-state index in [1.54, 1.807) is 6.26 Å². The highest BCUT2D eigenvalue weighted by Crippen LogP contribution is 2.49. The summed E-state index contributed by atoms with van der Waals surface area (Å²) in [5, 5.41) is 0. The number of likely N-dealkylation sites (tertiary alicyclic amines) is 1. The molecule has 2 aromatic rings. The zero-order valence-electron chi connectivity index (χ0n) is 13.2. The maximum Gasteiger partial charge on any atom is 0.226 e. The molecule has 3 heterocycles. The van der Waals surface area contributed by atoms with Crippen LogP contribution in [0.5, 0.6) is 0 Å². The average Bonchev–Trinajstić information content (AvgIpc) is 3.29. The van der Waals surface area contributed by atoms with Crippen LogP contribution >= 0.6 is 0 Å². The lowest BCUT2D eigenvalue weighted by Crippen LogP contribution is -2.36. The molecule has 4 heteroatoms. The van der Waals surface area contributed by atoms with Crippen molar-refractivity contribution in [2.45, 2.75) is 44.1 Å². The lowest BCUT2D eigenvalue weighted by molar-refractivity contribution is -0.135. The van der Waals surface area contributed by atoms with Gasteiger partial charge in [-0.05, 0) is 49.1 Å². The lowest BCUT2D eigenvalue weighted by Gasteiger charge is -2.30. The fourth-order valence-electron chi connectivity index (χ4n) is 3.80. The van der Waals surface area contributed by atoms with Crippen molar-refractivity contribution in [1.82, 2.24) is 9.88 Å². The van der Waals surface area contributed by atoms with Crippen LogP contribution in [0.1, 0.15) is 55.4 Å². The Labute approximate surface area is 136 Å². The van der Waals surface area contributed by atoms with Crippen molar-refractivity contribution in [3.8, 4) is 0 Å². The van der Waals surface area contributed by atoms with E-state index in [0.717, 1.165) is 31.6 Å². The molecule has 2 aromatic heterocycles. The maximum absolute atomic E-state index is 13.1. The molecular formula is C19H22N2O2. The maximum atomic E-state index is 13.1. The summed E-state index contributed by atoms with van der Waals surface area (Å²) in [5.74, 6) is 1.64. The Kier molecular flexibility index (Phi) is 3.90. The van der Waals surface area contributed by atoms with Crippen LogP contribution in [0.4, 0.5) is 0 Å². The van der Waals surface area contributed by atoms with Crippen LogP contribution in [-0.4, -0.2) is 22.3 Å². The van der Waals surface area contributed by atoms with E-state index in [1.165, 1.54) is 18.4 Å². The molecule has 23 heavy (non-hydrogen) atoms. The molecule has 120 valence electrons. The zero-order valence-corrected chi connectivity index (χ0v) is 13.2. The molecule has 1 aliphatic heterocycles. The topological polar surface area (TPSA) is 46.3 Å². The summed E-state index contributed by atoms with van der Waals surface area (Å²) in [6, 6.07) is 8.19. The van der Waals surface area contributed by atoms with Gasteiger partial charge in [0.05, 0.1) is 12.3 Å². The lowest BCUT2D eigenvalue weighted by atomic mass is 10.0. The quantitative estimate of drug-likeness (QED) is 0.863. The summed E-state index contributed by atoms with van der Waals surface area (Å²) in [4.78, 5) is 19.3. The minimum absolute atomic E-state index is 0.101. The van der Waals surface area contributed by atoms with Crippen molar-refractivity contribution in [1.29, 1.82) is 0 Å². The van der Waals surface area contributed by atoms with E-state index in [0.29, 0.717) is 5.91 Å². The van der Waals surface area contributed by atoms with Crippen molar-refractivity contribution in [3.05, 3.63) is 54.2 Å². The van der Waals surface area contributed by atoms with E-state index in [4.69, 9.17) is 4.42 Å². The first kappa shape index (κ1) is 14.5. The first-order valence-electron chi connectivity index (χ1n) is 8.58. The van der Waals surface area contributed by atoms with Crippen molar-refractivity contribution < 1.29 is 9.21 Å². The van der Waals surface area contributed by atoms with Crippen LogP contribution in [0, 0.1) is 5.92 Å². The fourth-order valence-corrected chi connectivity index (χ4v) is 3.80. The third kappa shape index (κ3) is 2.90. The van der Waals surface area contributed by atoms with Crippen LogP contribution in [0.3, 0.4) is 0 Å². The summed E-state index contributed by atoms with van der Waals surface area (Å²) < 4.78 is 5.48. The summed E-state index contributed by atoms with van der Waals surface area (Å²) >= 11 is 0. The van der Waals surface area contributed by atoms with Crippen LogP contribution in [0.2, 0.25) is 0 Å². The Bertz CT molecular complexity index is 653. The Morgan fingerprint density at radius 2 is 2.04 bits per heavy atom. The summed E-state index contributed by atoms with van der Waals surface area (Å²) in [6.45, 7) is 0.868. The summed E-state index contributed by atoms with van der Waals surface area (Å²) in [6.07, 6.45) is 10.8. The number of furan rings is 1. The second kappa shape index (κ2) is 6.19. The van der Waals surface area contributed by atoms with Gasteiger partial charge in [-0.2, -0.15) is 0 Å². The predicted octanol–water partition coefficient (Wildman–Crippen LogP) is 3.92. The van der Waals surface area contributed by atoms with Gasteiger partial charge in [-0.1, -0.05) is 12.8 Å². The second-order valence-corrected chi connectivity index (χ2v) is 6.64. The number of nitrogens with zero attached hydrogens (tertiary/aromatic N) is 2. The molecule has 0 N–H and O–H groups in total. The SMILES string of the molecule is O=C([C@@H]1C[C@@H]1c1ccco1)N1CCCCC[C@@H]1c1ccncc1. The molecule has 1 saturated heterocycles. The monoisotopic (exact) mass is 310 g/mol. The molecule has 1 aliphatic carbocycles. The smallest absolute Gasteiger partial charge is 0.226 e. The number of rotatable bonds is 3. The number of pyridine rings is 1. The first-order chi connectivity index (χ1) is 11.3. The molecule has 2 aliphatic rings. The minimum atomic E-state index is 0.101. The number of aromatic nitrogens is 1. The third-order valence-corrected chi connectivity index (χ3v) is 5.14. The second-order valence-electron chi connectivity index (χ2n) is 6.64. The number of carbonyl (C=O) groups excluding carboxylic acids is 1. The Balaban J connectivity index is 1.54. The molecule has 4 rings (SSSR count). The van der Waals surface area contributed by atoms with Crippen LogP contribution in [0.15, 0.2) is 47.3 Å². The molecule has 0 aromatic carbocycles. The predicted molar refractivity (Wildman–Crippen MR) is 86.7 cm³/mol. The molecular weight excluding hydrogens is 288 g/mol. The number of amides is 1. The van der Waals surface area contributed by atoms with E-state index in [-0.39, 0.29) is 17.9 Å². The van der Waals surface area contributed by atoms with Gasteiger partial charge in [-0.3, -0.25) is 9.78 Å². The largest absolute Gasteiger partial charge is 0.469 e.